The van der Waals surface area contributed by atoms with Gasteiger partial charge in [-0.3, -0.25) is 5.01 Å². The molecule has 0 saturated carbocycles. The second kappa shape index (κ2) is 5.13. The van der Waals surface area contributed by atoms with Crippen LogP contribution in [0.25, 0.3) is 21.0 Å². The molecule has 0 radical (unpaired) electrons. The van der Waals surface area contributed by atoms with Crippen LogP contribution < -0.4 is 5.43 Å². The molecule has 4 nitrogen and oxygen atoms in total. The van der Waals surface area contributed by atoms with Crippen LogP contribution in [-0.4, -0.2) is 24.1 Å². The Hall–Kier alpha value is -1.69. The third-order valence-electron chi connectivity index (χ3n) is 2.74. The molecule has 0 aliphatic carbocycles. The molecule has 1 N–H and O–H groups in total. The van der Waals surface area contributed by atoms with Crippen molar-refractivity contribution in [1.82, 2.24) is 15.4 Å². The molecule has 3 aromatic rings. The number of nitrogens with one attached hydrogen (secondary N) is 1. The second-order valence-electron chi connectivity index (χ2n) is 4.48. The standard InChI is InChI=1S/C14H15N3OS/c1-17(2)15-9-10-7-8-12(18-10)14-16-11-5-3-4-6-13(11)19-14/h3-8,15H,9H2,1-2H3. The van der Waals surface area contributed by atoms with E-state index in [4.69, 9.17) is 4.42 Å². The molecule has 2 heterocycles. The van der Waals surface area contributed by atoms with E-state index < -0.39 is 0 Å². The summed E-state index contributed by atoms with van der Waals surface area (Å²) in [5, 5.41) is 2.83. The number of hydrogen-bond donors (Lipinski definition) is 1. The molecule has 2 aromatic heterocycles. The topological polar surface area (TPSA) is 41.3 Å². The Morgan fingerprint density at radius 3 is 2.84 bits per heavy atom. The number of aromatic nitrogens is 1. The molecule has 98 valence electrons. The molecular formula is C14H15N3OS. The molecule has 1 aromatic carbocycles. The maximum Gasteiger partial charge on any atom is 0.163 e. The van der Waals surface area contributed by atoms with Crippen LogP contribution in [0.1, 0.15) is 5.76 Å². The number of nitrogens with zero attached hydrogens (tertiary/aromatic N) is 2. The summed E-state index contributed by atoms with van der Waals surface area (Å²) in [4.78, 5) is 4.59. The molecule has 19 heavy (non-hydrogen) atoms. The van der Waals surface area contributed by atoms with Gasteiger partial charge in [-0.05, 0) is 24.3 Å². The van der Waals surface area contributed by atoms with Gasteiger partial charge in [-0.15, -0.1) is 11.3 Å². The zero-order valence-electron chi connectivity index (χ0n) is 10.9. The fraction of sp³-hybridized carbons (Fsp3) is 0.214. The highest BCUT2D eigenvalue weighted by molar-refractivity contribution is 7.21. The molecular weight excluding hydrogens is 258 g/mol. The third kappa shape index (κ3) is 2.68. The highest BCUT2D eigenvalue weighted by Gasteiger charge is 2.10. The van der Waals surface area contributed by atoms with Gasteiger partial charge in [0.15, 0.2) is 10.8 Å². The molecule has 0 spiro atoms. The van der Waals surface area contributed by atoms with Gasteiger partial charge in [0.25, 0.3) is 0 Å². The summed E-state index contributed by atoms with van der Waals surface area (Å²) >= 11 is 1.65. The van der Waals surface area contributed by atoms with Gasteiger partial charge in [-0.2, -0.15) is 0 Å². The second-order valence-corrected chi connectivity index (χ2v) is 5.51. The molecule has 0 unspecified atom stereocenters. The monoisotopic (exact) mass is 273 g/mol. The molecule has 5 heteroatoms. The average Bonchev–Trinajstić information content (AvgIpc) is 3.02. The van der Waals surface area contributed by atoms with Crippen molar-refractivity contribution in [3.8, 4) is 10.8 Å². The summed E-state index contributed by atoms with van der Waals surface area (Å²) in [5.41, 5.74) is 4.20. The smallest absolute Gasteiger partial charge is 0.163 e. The number of furan rings is 1. The van der Waals surface area contributed by atoms with Crippen LogP contribution in [0.15, 0.2) is 40.8 Å². The highest BCUT2D eigenvalue weighted by atomic mass is 32.1. The number of hydrogen-bond acceptors (Lipinski definition) is 5. The van der Waals surface area contributed by atoms with Crippen molar-refractivity contribution in [2.45, 2.75) is 6.54 Å². The van der Waals surface area contributed by atoms with E-state index in [-0.39, 0.29) is 0 Å². The lowest BCUT2D eigenvalue weighted by Gasteiger charge is -2.09. The predicted octanol–water partition coefficient (Wildman–Crippen LogP) is 3.12. The Morgan fingerprint density at radius 2 is 2.05 bits per heavy atom. The first-order valence-corrected chi connectivity index (χ1v) is 6.89. The number of hydrazine groups is 1. The summed E-state index contributed by atoms with van der Waals surface area (Å²) in [5.74, 6) is 1.74. The third-order valence-corrected chi connectivity index (χ3v) is 3.79. The fourth-order valence-electron chi connectivity index (χ4n) is 1.80. The van der Waals surface area contributed by atoms with Gasteiger partial charge in [0.2, 0.25) is 0 Å². The lowest BCUT2D eigenvalue weighted by molar-refractivity contribution is 0.272. The van der Waals surface area contributed by atoms with Gasteiger partial charge in [0.1, 0.15) is 5.76 Å². The van der Waals surface area contributed by atoms with Crippen LogP contribution in [0.4, 0.5) is 0 Å². The molecule has 0 saturated heterocycles. The summed E-state index contributed by atoms with van der Waals surface area (Å²) < 4.78 is 6.99. The minimum atomic E-state index is 0.678. The van der Waals surface area contributed by atoms with E-state index in [1.807, 2.05) is 49.4 Å². The Balaban J connectivity index is 1.85. The van der Waals surface area contributed by atoms with Crippen LogP contribution in [-0.2, 0) is 6.54 Å². The Bertz CT molecular complexity index is 654. The number of benzene rings is 1. The number of rotatable bonds is 4. The van der Waals surface area contributed by atoms with Gasteiger partial charge in [0, 0.05) is 14.1 Å². The normalized spacial score (nSPS) is 11.5. The number of thiazole rings is 1. The summed E-state index contributed by atoms with van der Waals surface area (Å²) in [6.45, 7) is 0.678. The highest BCUT2D eigenvalue weighted by Crippen LogP contribution is 2.30. The fourth-order valence-corrected chi connectivity index (χ4v) is 2.73. The van der Waals surface area contributed by atoms with Crippen molar-refractivity contribution in [2.24, 2.45) is 0 Å². The maximum absolute atomic E-state index is 5.81. The molecule has 0 atom stereocenters. The largest absolute Gasteiger partial charge is 0.457 e. The van der Waals surface area contributed by atoms with Crippen molar-refractivity contribution in [1.29, 1.82) is 0 Å². The summed E-state index contributed by atoms with van der Waals surface area (Å²) in [6.07, 6.45) is 0. The molecule has 3 rings (SSSR count). The minimum Gasteiger partial charge on any atom is -0.457 e. The summed E-state index contributed by atoms with van der Waals surface area (Å²) in [6, 6.07) is 12.1. The summed E-state index contributed by atoms with van der Waals surface area (Å²) in [7, 11) is 3.91. The molecule has 0 amide bonds. The van der Waals surface area contributed by atoms with Crippen molar-refractivity contribution in [3.05, 3.63) is 42.2 Å². The average molecular weight is 273 g/mol. The van der Waals surface area contributed by atoms with E-state index >= 15 is 0 Å². The van der Waals surface area contributed by atoms with Crippen molar-refractivity contribution in [2.75, 3.05) is 14.1 Å². The van der Waals surface area contributed by atoms with Gasteiger partial charge in [0.05, 0.1) is 16.8 Å². The van der Waals surface area contributed by atoms with E-state index in [0.29, 0.717) is 6.54 Å². The Labute approximate surface area is 115 Å². The first-order valence-electron chi connectivity index (χ1n) is 6.08. The van der Waals surface area contributed by atoms with Gasteiger partial charge < -0.3 is 4.42 Å². The zero-order chi connectivity index (χ0) is 13.2. The van der Waals surface area contributed by atoms with Crippen LogP contribution in [0.3, 0.4) is 0 Å². The quantitative estimate of drug-likeness (QED) is 0.742. The number of fused-ring (bicyclic) bond motifs is 1. The van der Waals surface area contributed by atoms with E-state index in [1.165, 1.54) is 4.70 Å². The molecule has 0 aliphatic heterocycles. The molecule has 0 aliphatic rings. The van der Waals surface area contributed by atoms with E-state index in [1.54, 1.807) is 11.3 Å². The predicted molar refractivity (Wildman–Crippen MR) is 77.8 cm³/mol. The number of para-hydroxylation sites is 1. The van der Waals surface area contributed by atoms with E-state index in [0.717, 1.165) is 22.0 Å². The Kier molecular flexibility index (Phi) is 3.33. The lowest BCUT2D eigenvalue weighted by atomic mass is 10.3. The van der Waals surface area contributed by atoms with E-state index in [9.17, 15) is 0 Å². The lowest BCUT2D eigenvalue weighted by Crippen LogP contribution is -2.29. The van der Waals surface area contributed by atoms with Gasteiger partial charge in [-0.25, -0.2) is 10.4 Å². The van der Waals surface area contributed by atoms with Crippen molar-refractivity contribution in [3.63, 3.8) is 0 Å². The maximum atomic E-state index is 5.81. The molecule has 0 bridgehead atoms. The zero-order valence-corrected chi connectivity index (χ0v) is 11.7. The SMILES string of the molecule is CN(C)NCc1ccc(-c2nc3ccccc3s2)o1. The molecule has 0 fully saturated rings. The van der Waals surface area contributed by atoms with E-state index in [2.05, 4.69) is 16.5 Å². The first kappa shape index (κ1) is 12.3. The van der Waals surface area contributed by atoms with Crippen LogP contribution in [0, 0.1) is 0 Å². The van der Waals surface area contributed by atoms with Crippen molar-refractivity contribution >= 4 is 21.6 Å². The first-order chi connectivity index (χ1) is 9.22. The van der Waals surface area contributed by atoms with Crippen LogP contribution >= 0.6 is 11.3 Å². The van der Waals surface area contributed by atoms with Crippen molar-refractivity contribution < 1.29 is 4.42 Å². The van der Waals surface area contributed by atoms with Crippen LogP contribution in [0.5, 0.6) is 0 Å². The minimum absolute atomic E-state index is 0.678. The van der Waals surface area contributed by atoms with Gasteiger partial charge >= 0.3 is 0 Å². The van der Waals surface area contributed by atoms with Crippen LogP contribution in [0.2, 0.25) is 0 Å². The Morgan fingerprint density at radius 1 is 1.21 bits per heavy atom. The van der Waals surface area contributed by atoms with Gasteiger partial charge in [-0.1, -0.05) is 12.1 Å².